The normalized spacial score (nSPS) is 10.5. The number of hydrogen-bond acceptors (Lipinski definition) is 3. The average molecular weight is 316 g/mol. The number of halogens is 2. The molecule has 7 heteroatoms. The summed E-state index contributed by atoms with van der Waals surface area (Å²) in [7, 11) is 0. The second-order valence-corrected chi connectivity index (χ2v) is 5.62. The largest absolute Gasteiger partial charge is 0.322 e. The predicted octanol–water partition coefficient (Wildman–Crippen LogP) is 3.28. The molecule has 0 bridgehead atoms. The van der Waals surface area contributed by atoms with E-state index in [1.54, 1.807) is 23.7 Å². The first kappa shape index (κ1) is 14.1. The Kier molecular flexibility index (Phi) is 4.29. The van der Waals surface area contributed by atoms with Crippen molar-refractivity contribution in [3.63, 3.8) is 0 Å². The molecule has 0 radical (unpaired) electrons. The van der Waals surface area contributed by atoms with Crippen LogP contribution in [0.4, 0.5) is 5.69 Å². The highest BCUT2D eigenvalue weighted by molar-refractivity contribution is 7.06. The van der Waals surface area contributed by atoms with Crippen molar-refractivity contribution in [1.29, 1.82) is 5.41 Å². The van der Waals surface area contributed by atoms with Crippen LogP contribution in [0.2, 0.25) is 10.0 Å². The van der Waals surface area contributed by atoms with E-state index in [1.807, 2.05) is 6.92 Å². The molecule has 0 saturated carbocycles. The molecule has 0 aliphatic heterocycles. The summed E-state index contributed by atoms with van der Waals surface area (Å²) in [5.41, 5.74) is 1.25. The predicted molar refractivity (Wildman–Crippen MR) is 78.0 cm³/mol. The highest BCUT2D eigenvalue weighted by Gasteiger charge is 2.12. The maximum absolute atomic E-state index is 11.9. The maximum atomic E-state index is 11.9. The van der Waals surface area contributed by atoms with Crippen LogP contribution in [-0.4, -0.2) is 10.5 Å². The number of aromatic nitrogens is 1. The zero-order valence-electron chi connectivity index (χ0n) is 10.0. The molecule has 4 nitrogen and oxygen atoms in total. The molecule has 2 N–H and O–H groups in total. The first-order chi connectivity index (χ1) is 8.99. The van der Waals surface area contributed by atoms with Crippen molar-refractivity contribution in [2.24, 2.45) is 0 Å². The van der Waals surface area contributed by atoms with Crippen LogP contribution >= 0.6 is 34.5 Å². The Labute approximate surface area is 124 Å². The molecule has 0 atom stereocenters. The van der Waals surface area contributed by atoms with Crippen molar-refractivity contribution in [2.75, 3.05) is 5.32 Å². The van der Waals surface area contributed by atoms with Crippen molar-refractivity contribution in [2.45, 2.75) is 13.5 Å². The smallest absolute Gasteiger partial charge is 0.244 e. The Balaban J connectivity index is 2.18. The third-order valence-electron chi connectivity index (χ3n) is 2.54. The van der Waals surface area contributed by atoms with E-state index in [0.717, 1.165) is 5.56 Å². The van der Waals surface area contributed by atoms with E-state index in [9.17, 15) is 4.79 Å². The molecule has 1 heterocycles. The summed E-state index contributed by atoms with van der Waals surface area (Å²) in [6.45, 7) is 1.90. The molecule has 0 unspecified atom stereocenters. The van der Waals surface area contributed by atoms with E-state index in [0.29, 0.717) is 20.5 Å². The van der Waals surface area contributed by atoms with Crippen LogP contribution in [0.3, 0.4) is 0 Å². The second kappa shape index (κ2) is 5.77. The monoisotopic (exact) mass is 315 g/mol. The zero-order valence-corrected chi connectivity index (χ0v) is 12.4. The Morgan fingerprint density at radius 2 is 2.21 bits per heavy atom. The van der Waals surface area contributed by atoms with Gasteiger partial charge in [-0.25, -0.2) is 0 Å². The topological polar surface area (TPSA) is 57.9 Å². The molecule has 0 aliphatic carbocycles. The highest BCUT2D eigenvalue weighted by Crippen LogP contribution is 2.32. The van der Waals surface area contributed by atoms with Gasteiger partial charge in [0.05, 0.1) is 15.7 Å². The van der Waals surface area contributed by atoms with Crippen LogP contribution in [0.5, 0.6) is 0 Å². The van der Waals surface area contributed by atoms with Gasteiger partial charge in [0.1, 0.15) is 6.54 Å². The summed E-state index contributed by atoms with van der Waals surface area (Å²) in [6, 6.07) is 3.47. The minimum Gasteiger partial charge on any atom is -0.322 e. The minimum absolute atomic E-state index is 0.0585. The van der Waals surface area contributed by atoms with Gasteiger partial charge in [0.2, 0.25) is 5.91 Å². The van der Waals surface area contributed by atoms with Crippen molar-refractivity contribution < 1.29 is 4.79 Å². The number of nitrogens with one attached hydrogen (secondary N) is 2. The Hall–Kier alpha value is -1.30. The van der Waals surface area contributed by atoms with E-state index in [-0.39, 0.29) is 12.5 Å². The quantitative estimate of drug-likeness (QED) is 0.897. The summed E-state index contributed by atoms with van der Waals surface area (Å²) in [5.74, 6) is -0.272. The highest BCUT2D eigenvalue weighted by atomic mass is 35.5. The van der Waals surface area contributed by atoms with Gasteiger partial charge in [-0.2, -0.15) is 0 Å². The molecule has 1 aromatic heterocycles. The number of carbonyl (C=O) groups is 1. The lowest BCUT2D eigenvalue weighted by atomic mass is 10.2. The Morgan fingerprint density at radius 1 is 1.47 bits per heavy atom. The van der Waals surface area contributed by atoms with Crippen molar-refractivity contribution >= 4 is 46.1 Å². The van der Waals surface area contributed by atoms with Crippen LogP contribution in [0.1, 0.15) is 5.56 Å². The number of anilines is 1. The lowest BCUT2D eigenvalue weighted by Gasteiger charge is -2.11. The summed E-state index contributed by atoms with van der Waals surface area (Å²) in [5, 5.41) is 12.9. The molecule has 0 fully saturated rings. The molecular formula is C12H11Cl2N3OS. The molecule has 1 amide bonds. The van der Waals surface area contributed by atoms with Crippen molar-refractivity contribution in [1.82, 2.24) is 4.57 Å². The maximum Gasteiger partial charge on any atom is 0.244 e. The van der Waals surface area contributed by atoms with Gasteiger partial charge in [0.15, 0.2) is 4.80 Å². The van der Waals surface area contributed by atoms with Gasteiger partial charge >= 0.3 is 0 Å². The van der Waals surface area contributed by atoms with E-state index < -0.39 is 0 Å². The third-order valence-corrected chi connectivity index (χ3v) is 4.06. The number of aryl methyl sites for hydroxylation is 1. The fourth-order valence-corrected chi connectivity index (χ4v) is 2.60. The minimum atomic E-state index is -0.272. The number of nitrogens with zero attached hydrogens (tertiary/aromatic N) is 1. The number of hydrogen-bond donors (Lipinski definition) is 2. The molecule has 0 aliphatic rings. The molecule has 0 spiro atoms. The van der Waals surface area contributed by atoms with Crippen LogP contribution in [-0.2, 0) is 11.3 Å². The van der Waals surface area contributed by atoms with Crippen LogP contribution in [0.15, 0.2) is 23.7 Å². The number of thiazole rings is 1. The van der Waals surface area contributed by atoms with E-state index in [2.05, 4.69) is 5.32 Å². The molecule has 2 rings (SSSR count). The lowest BCUT2D eigenvalue weighted by Crippen LogP contribution is -2.24. The zero-order chi connectivity index (χ0) is 14.0. The number of rotatable bonds is 3. The van der Waals surface area contributed by atoms with Gasteiger partial charge in [-0.1, -0.05) is 29.3 Å². The first-order valence-corrected chi connectivity index (χ1v) is 7.05. The van der Waals surface area contributed by atoms with Crippen molar-refractivity contribution in [3.05, 3.63) is 44.1 Å². The third kappa shape index (κ3) is 3.18. The number of carbonyl (C=O) groups excluding carboxylic acids is 1. The van der Waals surface area contributed by atoms with Crippen molar-refractivity contribution in [3.8, 4) is 0 Å². The van der Waals surface area contributed by atoms with Gasteiger partial charge in [0, 0.05) is 11.6 Å². The van der Waals surface area contributed by atoms with E-state index in [1.165, 1.54) is 15.9 Å². The molecule has 1 aromatic carbocycles. The fraction of sp³-hybridized carbons (Fsp3) is 0.167. The second-order valence-electron chi connectivity index (χ2n) is 3.94. The van der Waals surface area contributed by atoms with Crippen LogP contribution in [0.25, 0.3) is 0 Å². The molecule has 100 valence electrons. The van der Waals surface area contributed by atoms with Gasteiger partial charge in [-0.3, -0.25) is 10.2 Å². The van der Waals surface area contributed by atoms with Gasteiger partial charge in [-0.15, -0.1) is 11.3 Å². The van der Waals surface area contributed by atoms with Gasteiger partial charge < -0.3 is 9.88 Å². The van der Waals surface area contributed by atoms with Gasteiger partial charge in [0.25, 0.3) is 0 Å². The van der Waals surface area contributed by atoms with Gasteiger partial charge in [-0.05, 0) is 18.6 Å². The summed E-state index contributed by atoms with van der Waals surface area (Å²) in [6.07, 6.45) is 1.69. The first-order valence-electron chi connectivity index (χ1n) is 5.42. The summed E-state index contributed by atoms with van der Waals surface area (Å²) >= 11 is 13.4. The van der Waals surface area contributed by atoms with E-state index in [4.69, 9.17) is 28.6 Å². The molecular weight excluding hydrogens is 305 g/mol. The molecule has 2 aromatic rings. The summed E-state index contributed by atoms with van der Waals surface area (Å²) in [4.78, 5) is 12.2. The number of benzene rings is 1. The molecule has 0 saturated heterocycles. The standard InChI is InChI=1S/C12H11Cl2N3OS/c1-7-2-3-8(13)11(10(7)14)16-9(18)6-17-4-5-19-12(17)15/h2-5,15H,6H2,1H3,(H,16,18). The molecule has 19 heavy (non-hydrogen) atoms. The Morgan fingerprint density at radius 3 is 2.84 bits per heavy atom. The number of amides is 1. The lowest BCUT2D eigenvalue weighted by molar-refractivity contribution is -0.116. The fourth-order valence-electron chi connectivity index (χ4n) is 1.53. The van der Waals surface area contributed by atoms with Crippen LogP contribution < -0.4 is 10.1 Å². The average Bonchev–Trinajstić information content (AvgIpc) is 2.76. The van der Waals surface area contributed by atoms with E-state index >= 15 is 0 Å². The summed E-state index contributed by atoms with van der Waals surface area (Å²) < 4.78 is 1.54. The Bertz CT molecular complexity index is 678. The SMILES string of the molecule is Cc1ccc(Cl)c(NC(=O)Cn2ccsc2=N)c1Cl. The van der Waals surface area contributed by atoms with Crippen LogP contribution in [0, 0.1) is 12.3 Å².